The van der Waals surface area contributed by atoms with Crippen LogP contribution in [0.4, 0.5) is 13.2 Å². The summed E-state index contributed by atoms with van der Waals surface area (Å²) in [6.45, 7) is 5.29. The predicted molar refractivity (Wildman–Crippen MR) is 98.4 cm³/mol. The molecule has 0 bridgehead atoms. The molecule has 1 spiro atoms. The van der Waals surface area contributed by atoms with Crippen molar-refractivity contribution in [3.05, 3.63) is 0 Å². The van der Waals surface area contributed by atoms with E-state index in [0.29, 0.717) is 0 Å². The van der Waals surface area contributed by atoms with Crippen molar-refractivity contribution >= 4 is 11.9 Å². The number of alkyl halides is 3. The Hall–Kier alpha value is -1.39. The standard InChI is InChI=1S/C17H30N2O3.C2HF3O2/c1-18(2)16(20)15-3-6-17(22-15)7-9-19(10-8-17)13-14-4-11-21-12-5-14;3-2(4,5)1(6)7/h14-15H,3-13H2,1-2H3;(H,6,7). The third-order valence-corrected chi connectivity index (χ3v) is 5.84. The van der Waals surface area contributed by atoms with Crippen LogP contribution in [0.25, 0.3) is 0 Å². The third kappa shape index (κ3) is 7.11. The molecule has 1 atom stereocenters. The summed E-state index contributed by atoms with van der Waals surface area (Å²) in [5, 5.41) is 7.12. The molecule has 168 valence electrons. The number of ether oxygens (including phenoxy) is 2. The fourth-order valence-corrected chi connectivity index (χ4v) is 4.08. The van der Waals surface area contributed by atoms with Gasteiger partial charge in [-0.25, -0.2) is 4.79 Å². The second-order valence-corrected chi connectivity index (χ2v) is 8.22. The Bertz CT molecular complexity index is 557. The molecule has 3 heterocycles. The van der Waals surface area contributed by atoms with Gasteiger partial charge in [0.2, 0.25) is 0 Å². The SMILES string of the molecule is CN(C)C(=O)C1CCC2(CCN(CC3CCOCC3)CC2)O1.O=C(O)C(F)(F)F. The molecule has 0 saturated carbocycles. The van der Waals surface area contributed by atoms with E-state index in [-0.39, 0.29) is 17.6 Å². The van der Waals surface area contributed by atoms with Gasteiger partial charge in [0.05, 0.1) is 5.60 Å². The summed E-state index contributed by atoms with van der Waals surface area (Å²) in [6, 6.07) is 0. The van der Waals surface area contributed by atoms with Crippen LogP contribution in [0, 0.1) is 5.92 Å². The first-order valence-electron chi connectivity index (χ1n) is 10.0. The molecule has 29 heavy (non-hydrogen) atoms. The van der Waals surface area contributed by atoms with Crippen molar-refractivity contribution in [1.82, 2.24) is 9.80 Å². The Kier molecular flexibility index (Phi) is 8.30. The zero-order valence-corrected chi connectivity index (χ0v) is 17.0. The number of nitrogens with zero attached hydrogens (tertiary/aromatic N) is 2. The van der Waals surface area contributed by atoms with Gasteiger partial charge >= 0.3 is 12.1 Å². The van der Waals surface area contributed by atoms with Gasteiger partial charge in [-0.05, 0) is 44.4 Å². The van der Waals surface area contributed by atoms with Crippen LogP contribution < -0.4 is 0 Å². The minimum atomic E-state index is -5.08. The van der Waals surface area contributed by atoms with E-state index in [4.69, 9.17) is 19.4 Å². The molecule has 0 aromatic carbocycles. The van der Waals surface area contributed by atoms with E-state index in [9.17, 15) is 18.0 Å². The van der Waals surface area contributed by atoms with Crippen LogP contribution in [0.1, 0.15) is 38.5 Å². The molecule has 10 heteroatoms. The maximum absolute atomic E-state index is 12.1. The number of piperidine rings is 1. The van der Waals surface area contributed by atoms with Gasteiger partial charge in [0, 0.05) is 46.9 Å². The average Bonchev–Trinajstić information content (AvgIpc) is 3.07. The molecule has 1 amide bonds. The number of likely N-dealkylation sites (tertiary alicyclic amines) is 1. The number of hydrogen-bond donors (Lipinski definition) is 1. The van der Waals surface area contributed by atoms with Gasteiger partial charge in [-0.1, -0.05) is 0 Å². The van der Waals surface area contributed by atoms with Crippen molar-refractivity contribution in [1.29, 1.82) is 0 Å². The number of carbonyl (C=O) groups excluding carboxylic acids is 1. The smallest absolute Gasteiger partial charge is 0.475 e. The van der Waals surface area contributed by atoms with E-state index in [1.165, 1.54) is 19.4 Å². The topological polar surface area (TPSA) is 79.3 Å². The fraction of sp³-hybridized carbons (Fsp3) is 0.895. The van der Waals surface area contributed by atoms with Gasteiger partial charge < -0.3 is 24.4 Å². The lowest BCUT2D eigenvalue weighted by atomic mass is 9.87. The highest BCUT2D eigenvalue weighted by atomic mass is 19.4. The van der Waals surface area contributed by atoms with Crippen LogP contribution in [-0.2, 0) is 19.1 Å². The minimum absolute atomic E-state index is 0.0253. The minimum Gasteiger partial charge on any atom is -0.475 e. The Morgan fingerprint density at radius 3 is 2.14 bits per heavy atom. The van der Waals surface area contributed by atoms with E-state index < -0.39 is 12.1 Å². The highest BCUT2D eigenvalue weighted by Gasteiger charge is 2.45. The lowest BCUT2D eigenvalue weighted by molar-refractivity contribution is -0.192. The summed E-state index contributed by atoms with van der Waals surface area (Å²) in [5.41, 5.74) is -0.0253. The van der Waals surface area contributed by atoms with Crippen LogP contribution in [0.15, 0.2) is 0 Å². The first kappa shape index (κ1) is 23.9. The maximum atomic E-state index is 12.1. The molecule has 3 aliphatic rings. The van der Waals surface area contributed by atoms with Crippen LogP contribution in [0.3, 0.4) is 0 Å². The van der Waals surface area contributed by atoms with E-state index in [1.807, 2.05) is 14.1 Å². The molecular formula is C19H31F3N2O5. The lowest BCUT2D eigenvalue weighted by Crippen LogP contribution is -2.47. The van der Waals surface area contributed by atoms with Crippen LogP contribution >= 0.6 is 0 Å². The quantitative estimate of drug-likeness (QED) is 0.748. The first-order valence-corrected chi connectivity index (χ1v) is 10.0. The molecule has 7 nitrogen and oxygen atoms in total. The molecule has 3 saturated heterocycles. The van der Waals surface area contributed by atoms with Gasteiger partial charge in [-0.3, -0.25) is 4.79 Å². The second kappa shape index (κ2) is 10.1. The number of carbonyl (C=O) groups is 2. The summed E-state index contributed by atoms with van der Waals surface area (Å²) < 4.78 is 43.4. The number of likely N-dealkylation sites (N-methyl/N-ethyl adjacent to an activating group) is 1. The van der Waals surface area contributed by atoms with E-state index in [1.54, 1.807) is 4.90 Å². The molecule has 0 aromatic rings. The Morgan fingerprint density at radius 1 is 1.10 bits per heavy atom. The van der Waals surface area contributed by atoms with Crippen molar-refractivity contribution in [3.8, 4) is 0 Å². The van der Waals surface area contributed by atoms with E-state index in [0.717, 1.165) is 57.9 Å². The summed E-state index contributed by atoms with van der Waals surface area (Å²) in [6.07, 6.45) is 1.20. The number of aliphatic carboxylic acids is 1. The van der Waals surface area contributed by atoms with Gasteiger partial charge in [0.15, 0.2) is 0 Å². The molecule has 0 aromatic heterocycles. The summed E-state index contributed by atoms with van der Waals surface area (Å²) >= 11 is 0. The predicted octanol–water partition coefficient (Wildman–Crippen LogP) is 2.15. The van der Waals surface area contributed by atoms with Gasteiger partial charge in [0.1, 0.15) is 6.10 Å². The van der Waals surface area contributed by atoms with Crippen LogP contribution in [0.5, 0.6) is 0 Å². The van der Waals surface area contributed by atoms with Gasteiger partial charge in [-0.15, -0.1) is 0 Å². The maximum Gasteiger partial charge on any atom is 0.490 e. The molecule has 1 N–H and O–H groups in total. The molecule has 0 aliphatic carbocycles. The van der Waals surface area contributed by atoms with E-state index >= 15 is 0 Å². The van der Waals surface area contributed by atoms with Crippen molar-refractivity contribution in [2.75, 3.05) is 46.9 Å². The van der Waals surface area contributed by atoms with Crippen molar-refractivity contribution in [2.45, 2.75) is 56.4 Å². The number of carboxylic acid groups (broad SMARTS) is 1. The molecule has 3 rings (SSSR count). The summed E-state index contributed by atoms with van der Waals surface area (Å²) in [4.78, 5) is 25.2. The normalized spacial score (nSPS) is 25.3. The van der Waals surface area contributed by atoms with Gasteiger partial charge in [0.25, 0.3) is 5.91 Å². The summed E-state index contributed by atoms with van der Waals surface area (Å²) in [5.74, 6) is -1.83. The number of rotatable bonds is 3. The molecule has 0 radical (unpaired) electrons. The Balaban J connectivity index is 0.000000370. The molecule has 3 fully saturated rings. The molecule has 1 unspecified atom stereocenters. The zero-order valence-electron chi connectivity index (χ0n) is 17.0. The highest BCUT2D eigenvalue weighted by Crippen LogP contribution is 2.39. The Morgan fingerprint density at radius 2 is 1.66 bits per heavy atom. The third-order valence-electron chi connectivity index (χ3n) is 5.84. The van der Waals surface area contributed by atoms with Crippen LogP contribution in [0.2, 0.25) is 0 Å². The monoisotopic (exact) mass is 424 g/mol. The largest absolute Gasteiger partial charge is 0.490 e. The number of amides is 1. The number of halogens is 3. The summed E-state index contributed by atoms with van der Waals surface area (Å²) in [7, 11) is 3.63. The molecule has 3 aliphatic heterocycles. The highest BCUT2D eigenvalue weighted by molar-refractivity contribution is 5.80. The number of carboxylic acids is 1. The second-order valence-electron chi connectivity index (χ2n) is 8.22. The fourth-order valence-electron chi connectivity index (χ4n) is 4.08. The number of hydrogen-bond acceptors (Lipinski definition) is 5. The lowest BCUT2D eigenvalue weighted by Gasteiger charge is -2.40. The molecular weight excluding hydrogens is 393 g/mol. The van der Waals surface area contributed by atoms with Crippen molar-refractivity contribution in [2.24, 2.45) is 5.92 Å². The van der Waals surface area contributed by atoms with Crippen molar-refractivity contribution < 1.29 is 37.3 Å². The van der Waals surface area contributed by atoms with Crippen molar-refractivity contribution in [3.63, 3.8) is 0 Å². The van der Waals surface area contributed by atoms with Gasteiger partial charge in [-0.2, -0.15) is 13.2 Å². The first-order chi connectivity index (χ1) is 13.5. The Labute approximate surface area is 169 Å². The van der Waals surface area contributed by atoms with Crippen LogP contribution in [-0.4, -0.2) is 91.6 Å². The zero-order chi connectivity index (χ0) is 21.7. The average molecular weight is 424 g/mol. The van der Waals surface area contributed by atoms with E-state index in [2.05, 4.69) is 4.90 Å².